The second-order valence-corrected chi connectivity index (χ2v) is 5.45. The van der Waals surface area contributed by atoms with Crippen molar-refractivity contribution in [2.24, 2.45) is 5.41 Å². The zero-order valence-electron chi connectivity index (χ0n) is 11.0. The van der Waals surface area contributed by atoms with Crippen molar-refractivity contribution in [1.82, 2.24) is 10.5 Å². The molecular formula is C12H18N2O4. The molecule has 0 aliphatic carbocycles. The molecule has 0 unspecified atom stereocenters. The predicted molar refractivity (Wildman–Crippen MR) is 64.2 cm³/mol. The van der Waals surface area contributed by atoms with Crippen molar-refractivity contribution in [2.45, 2.75) is 40.2 Å². The maximum Gasteiger partial charge on any atom is 0.326 e. The quantitative estimate of drug-likeness (QED) is 0.851. The summed E-state index contributed by atoms with van der Waals surface area (Å²) in [5.41, 5.74) is -0.108. The number of hydrogen-bond acceptors (Lipinski definition) is 4. The monoisotopic (exact) mass is 254 g/mol. The van der Waals surface area contributed by atoms with Crippen LogP contribution in [-0.4, -0.2) is 28.2 Å². The van der Waals surface area contributed by atoms with Gasteiger partial charge in [-0.15, -0.1) is 0 Å². The van der Waals surface area contributed by atoms with Gasteiger partial charge in [0.15, 0.2) is 5.69 Å². The molecule has 0 fully saturated rings. The van der Waals surface area contributed by atoms with E-state index in [4.69, 9.17) is 9.63 Å². The van der Waals surface area contributed by atoms with E-state index in [9.17, 15) is 9.59 Å². The first-order valence-corrected chi connectivity index (χ1v) is 5.66. The largest absolute Gasteiger partial charge is 0.480 e. The standard InChI is InChI=1S/C12H18N2O4/c1-7-5-8(14-18-7)10(15)13-9(11(16)17)6-12(2,3)4/h5,9H,6H2,1-4H3,(H,13,15)(H,16,17)/t9-/m0/s1. The highest BCUT2D eigenvalue weighted by atomic mass is 16.5. The number of carboxylic acid groups (broad SMARTS) is 1. The lowest BCUT2D eigenvalue weighted by Crippen LogP contribution is -2.43. The zero-order valence-corrected chi connectivity index (χ0v) is 11.0. The minimum absolute atomic E-state index is 0.0904. The topological polar surface area (TPSA) is 92.4 Å². The third-order valence-electron chi connectivity index (χ3n) is 2.28. The molecule has 0 aromatic carbocycles. The Balaban J connectivity index is 2.73. The summed E-state index contributed by atoms with van der Waals surface area (Å²) in [6.45, 7) is 7.40. The van der Waals surface area contributed by atoms with Gasteiger partial charge in [-0.1, -0.05) is 25.9 Å². The Labute approximate surface area is 105 Å². The predicted octanol–water partition coefficient (Wildman–Crippen LogP) is 1.60. The van der Waals surface area contributed by atoms with Crippen LogP contribution in [0.2, 0.25) is 0 Å². The molecule has 1 rings (SSSR count). The maximum absolute atomic E-state index is 11.8. The molecule has 1 aromatic rings. The first-order chi connectivity index (χ1) is 8.19. The Morgan fingerprint density at radius 3 is 2.50 bits per heavy atom. The Morgan fingerprint density at radius 1 is 1.50 bits per heavy atom. The fraction of sp³-hybridized carbons (Fsp3) is 0.583. The molecule has 0 saturated heterocycles. The Morgan fingerprint density at radius 2 is 2.11 bits per heavy atom. The Bertz CT molecular complexity index is 445. The molecule has 0 saturated carbocycles. The number of carbonyl (C=O) groups excluding carboxylic acids is 1. The van der Waals surface area contributed by atoms with Crippen LogP contribution in [0.25, 0.3) is 0 Å². The molecule has 6 heteroatoms. The van der Waals surface area contributed by atoms with Crippen LogP contribution in [0, 0.1) is 12.3 Å². The normalized spacial score (nSPS) is 13.1. The molecule has 0 radical (unpaired) electrons. The van der Waals surface area contributed by atoms with E-state index in [1.54, 1.807) is 6.92 Å². The van der Waals surface area contributed by atoms with Crippen LogP contribution in [0.1, 0.15) is 43.4 Å². The summed E-state index contributed by atoms with van der Waals surface area (Å²) in [5, 5.41) is 15.1. The summed E-state index contributed by atoms with van der Waals surface area (Å²) in [4.78, 5) is 22.9. The molecule has 0 aliphatic heterocycles. The Hall–Kier alpha value is -1.85. The van der Waals surface area contributed by atoms with Gasteiger partial charge in [-0.3, -0.25) is 4.79 Å². The minimum atomic E-state index is -1.06. The molecule has 0 bridgehead atoms. The van der Waals surface area contributed by atoms with Crippen LogP contribution in [-0.2, 0) is 4.79 Å². The van der Waals surface area contributed by atoms with E-state index in [0.717, 1.165) is 0 Å². The molecule has 1 atom stereocenters. The van der Waals surface area contributed by atoms with Gasteiger partial charge in [0.25, 0.3) is 5.91 Å². The average molecular weight is 254 g/mol. The summed E-state index contributed by atoms with van der Waals surface area (Å²) < 4.78 is 4.77. The van der Waals surface area contributed by atoms with Crippen LogP contribution in [0.4, 0.5) is 0 Å². The van der Waals surface area contributed by atoms with Gasteiger partial charge < -0.3 is 14.9 Å². The van der Waals surface area contributed by atoms with Crippen LogP contribution >= 0.6 is 0 Å². The number of hydrogen-bond donors (Lipinski definition) is 2. The molecule has 18 heavy (non-hydrogen) atoms. The SMILES string of the molecule is Cc1cc(C(=O)N[C@@H](CC(C)(C)C)C(=O)O)no1. The van der Waals surface area contributed by atoms with Gasteiger partial charge >= 0.3 is 5.97 Å². The number of aryl methyl sites for hydroxylation is 1. The number of nitrogens with zero attached hydrogens (tertiary/aromatic N) is 1. The van der Waals surface area contributed by atoms with Gasteiger partial charge in [0.1, 0.15) is 11.8 Å². The van der Waals surface area contributed by atoms with Gasteiger partial charge in [0, 0.05) is 6.07 Å². The second kappa shape index (κ2) is 5.20. The van der Waals surface area contributed by atoms with Crippen molar-refractivity contribution in [2.75, 3.05) is 0 Å². The third-order valence-corrected chi connectivity index (χ3v) is 2.28. The average Bonchev–Trinajstić information content (AvgIpc) is 2.61. The van der Waals surface area contributed by atoms with Crippen molar-refractivity contribution in [3.63, 3.8) is 0 Å². The molecule has 0 spiro atoms. The van der Waals surface area contributed by atoms with Crippen molar-refractivity contribution in [3.8, 4) is 0 Å². The fourth-order valence-corrected chi connectivity index (χ4v) is 1.52. The van der Waals surface area contributed by atoms with Gasteiger partial charge in [-0.25, -0.2) is 4.79 Å². The molecule has 1 heterocycles. The van der Waals surface area contributed by atoms with E-state index in [1.807, 2.05) is 20.8 Å². The van der Waals surface area contributed by atoms with E-state index in [-0.39, 0.29) is 11.1 Å². The number of carboxylic acids is 1. The number of aromatic nitrogens is 1. The van der Waals surface area contributed by atoms with Crippen molar-refractivity contribution >= 4 is 11.9 Å². The molecule has 100 valence electrons. The molecule has 0 aliphatic rings. The summed E-state index contributed by atoms with van der Waals surface area (Å²) in [6.07, 6.45) is 0.338. The van der Waals surface area contributed by atoms with Crippen LogP contribution < -0.4 is 5.32 Å². The lowest BCUT2D eigenvalue weighted by atomic mass is 9.88. The highest BCUT2D eigenvalue weighted by Gasteiger charge is 2.27. The van der Waals surface area contributed by atoms with E-state index >= 15 is 0 Å². The van der Waals surface area contributed by atoms with Gasteiger partial charge in [-0.2, -0.15) is 0 Å². The van der Waals surface area contributed by atoms with Crippen molar-refractivity contribution in [1.29, 1.82) is 0 Å². The number of nitrogens with one attached hydrogen (secondary N) is 1. The second-order valence-electron chi connectivity index (χ2n) is 5.45. The number of amides is 1. The van der Waals surface area contributed by atoms with Gasteiger partial charge in [-0.05, 0) is 18.8 Å². The summed E-state index contributed by atoms with van der Waals surface area (Å²) in [7, 11) is 0. The smallest absolute Gasteiger partial charge is 0.326 e. The van der Waals surface area contributed by atoms with Gasteiger partial charge in [0.05, 0.1) is 0 Å². The van der Waals surface area contributed by atoms with Crippen molar-refractivity contribution in [3.05, 3.63) is 17.5 Å². The summed E-state index contributed by atoms with van der Waals surface area (Å²) in [5.74, 6) is -1.09. The summed E-state index contributed by atoms with van der Waals surface area (Å²) in [6, 6.07) is 0.528. The number of rotatable bonds is 4. The van der Waals surface area contributed by atoms with Gasteiger partial charge in [0.2, 0.25) is 0 Å². The molecule has 2 N–H and O–H groups in total. The maximum atomic E-state index is 11.8. The third kappa shape index (κ3) is 4.20. The fourth-order valence-electron chi connectivity index (χ4n) is 1.52. The lowest BCUT2D eigenvalue weighted by molar-refractivity contribution is -0.140. The first-order valence-electron chi connectivity index (χ1n) is 5.66. The summed E-state index contributed by atoms with van der Waals surface area (Å²) >= 11 is 0. The van der Waals surface area contributed by atoms with Crippen LogP contribution in [0.5, 0.6) is 0 Å². The van der Waals surface area contributed by atoms with Crippen LogP contribution in [0.15, 0.2) is 10.6 Å². The van der Waals surface area contributed by atoms with E-state index in [0.29, 0.717) is 12.2 Å². The van der Waals surface area contributed by atoms with Crippen molar-refractivity contribution < 1.29 is 19.2 Å². The van der Waals surface area contributed by atoms with E-state index in [2.05, 4.69) is 10.5 Å². The number of carbonyl (C=O) groups is 2. The van der Waals surface area contributed by atoms with Crippen LogP contribution in [0.3, 0.4) is 0 Å². The van der Waals surface area contributed by atoms with E-state index in [1.165, 1.54) is 6.07 Å². The zero-order chi connectivity index (χ0) is 13.9. The first kappa shape index (κ1) is 14.2. The number of aliphatic carboxylic acids is 1. The highest BCUT2D eigenvalue weighted by Crippen LogP contribution is 2.21. The highest BCUT2D eigenvalue weighted by molar-refractivity contribution is 5.94. The molecule has 6 nitrogen and oxygen atoms in total. The molecular weight excluding hydrogens is 236 g/mol. The Kier molecular flexibility index (Phi) is 4.11. The minimum Gasteiger partial charge on any atom is -0.480 e. The van der Waals surface area contributed by atoms with E-state index < -0.39 is 17.9 Å². The lowest BCUT2D eigenvalue weighted by Gasteiger charge is -2.23. The molecule has 1 aromatic heterocycles. The molecule has 1 amide bonds.